The molecule has 1 N–H and O–H groups in total. The van der Waals surface area contributed by atoms with E-state index in [2.05, 4.69) is 32.3 Å². The molecule has 8 nitrogen and oxygen atoms in total. The minimum absolute atomic E-state index is 0.431. The molecule has 1 aromatic carbocycles. The van der Waals surface area contributed by atoms with Gasteiger partial charge in [0.1, 0.15) is 24.1 Å². The van der Waals surface area contributed by atoms with Crippen LogP contribution in [-0.2, 0) is 20.1 Å². The van der Waals surface area contributed by atoms with E-state index in [0.29, 0.717) is 19.0 Å². The van der Waals surface area contributed by atoms with Crippen molar-refractivity contribution in [1.82, 2.24) is 30.0 Å². The number of nitrogens with zero attached hydrogens (tertiary/aromatic N) is 6. The maximum Gasteiger partial charge on any atom is 0.226 e. The maximum atomic E-state index is 5.61. The predicted octanol–water partition coefficient (Wildman–Crippen LogP) is 2.38. The molecule has 0 radical (unpaired) electrons. The largest absolute Gasteiger partial charge is 0.444 e. The Morgan fingerprint density at radius 2 is 2.07 bits per heavy atom. The number of benzene rings is 1. The van der Waals surface area contributed by atoms with E-state index in [9.17, 15) is 0 Å². The predicted molar refractivity (Wildman–Crippen MR) is 104 cm³/mol. The van der Waals surface area contributed by atoms with Crippen LogP contribution in [0.5, 0.6) is 0 Å². The molecule has 0 saturated carbocycles. The summed E-state index contributed by atoms with van der Waals surface area (Å²) in [6.07, 6.45) is 3.21. The summed E-state index contributed by atoms with van der Waals surface area (Å²) in [6, 6.07) is 8.10. The highest BCUT2D eigenvalue weighted by Gasteiger charge is 2.11. The van der Waals surface area contributed by atoms with Gasteiger partial charge in [-0.25, -0.2) is 15.0 Å². The van der Waals surface area contributed by atoms with Crippen LogP contribution >= 0.6 is 0 Å². The third kappa shape index (κ3) is 4.72. The molecule has 27 heavy (non-hydrogen) atoms. The molecule has 0 saturated heterocycles. The molecule has 3 rings (SSSR count). The summed E-state index contributed by atoms with van der Waals surface area (Å²) in [7, 11) is 3.85. The summed E-state index contributed by atoms with van der Waals surface area (Å²) in [4.78, 5) is 15.5. The Morgan fingerprint density at radius 3 is 2.74 bits per heavy atom. The molecule has 0 unspecified atom stereocenters. The lowest BCUT2D eigenvalue weighted by atomic mass is 10.1. The van der Waals surface area contributed by atoms with E-state index in [4.69, 9.17) is 4.42 Å². The molecule has 2 heterocycles. The quantitative estimate of drug-likeness (QED) is 0.532. The highest BCUT2D eigenvalue weighted by Crippen LogP contribution is 2.19. The first kappa shape index (κ1) is 18.6. The van der Waals surface area contributed by atoms with Crippen molar-refractivity contribution in [2.24, 2.45) is 12.0 Å². The van der Waals surface area contributed by atoms with Gasteiger partial charge in [-0.15, -0.1) is 0 Å². The van der Waals surface area contributed by atoms with Crippen LogP contribution in [0.15, 0.2) is 46.3 Å². The van der Waals surface area contributed by atoms with Gasteiger partial charge in [0.15, 0.2) is 5.96 Å². The lowest BCUT2D eigenvalue weighted by Gasteiger charge is -2.21. The molecule has 0 aliphatic carbocycles. The number of nitrogens with one attached hydrogen (secondary N) is 1. The van der Waals surface area contributed by atoms with E-state index in [1.165, 1.54) is 5.56 Å². The summed E-state index contributed by atoms with van der Waals surface area (Å²) < 4.78 is 7.36. The second kappa shape index (κ2) is 8.48. The Kier molecular flexibility index (Phi) is 5.85. The van der Waals surface area contributed by atoms with E-state index >= 15 is 0 Å². The monoisotopic (exact) mass is 367 g/mol. The summed E-state index contributed by atoms with van der Waals surface area (Å²) in [6.45, 7) is 5.91. The van der Waals surface area contributed by atoms with E-state index in [1.807, 2.05) is 50.2 Å². The van der Waals surface area contributed by atoms with E-state index in [0.717, 1.165) is 29.6 Å². The van der Waals surface area contributed by atoms with Gasteiger partial charge >= 0.3 is 0 Å². The van der Waals surface area contributed by atoms with Crippen molar-refractivity contribution in [2.45, 2.75) is 26.9 Å². The van der Waals surface area contributed by atoms with Gasteiger partial charge in [-0.05, 0) is 26.0 Å². The van der Waals surface area contributed by atoms with Gasteiger partial charge in [-0.3, -0.25) is 4.68 Å². The van der Waals surface area contributed by atoms with Gasteiger partial charge in [0.05, 0.1) is 13.1 Å². The zero-order chi connectivity index (χ0) is 19.2. The summed E-state index contributed by atoms with van der Waals surface area (Å²) in [5.74, 6) is 2.25. The third-order valence-electron chi connectivity index (χ3n) is 4.12. The molecule has 142 valence electrons. The number of rotatable bonds is 6. The number of guanidine groups is 1. The highest BCUT2D eigenvalue weighted by molar-refractivity contribution is 5.79. The second-order valence-electron chi connectivity index (χ2n) is 6.34. The lowest BCUT2D eigenvalue weighted by Crippen LogP contribution is -2.39. The highest BCUT2D eigenvalue weighted by atomic mass is 16.3. The Labute approximate surface area is 159 Å². The van der Waals surface area contributed by atoms with Crippen LogP contribution in [0.4, 0.5) is 0 Å². The smallest absolute Gasteiger partial charge is 0.226 e. The first-order chi connectivity index (χ1) is 13.1. The van der Waals surface area contributed by atoms with Crippen LogP contribution in [0.25, 0.3) is 11.5 Å². The SMILES string of the molecule is CCNC(=NCc1coc(-c2ccc(C)cc2)n1)N(C)Cc1ncnn1C. The van der Waals surface area contributed by atoms with E-state index in [-0.39, 0.29) is 0 Å². The Bertz CT molecular complexity index is 895. The maximum absolute atomic E-state index is 5.61. The third-order valence-corrected chi connectivity index (χ3v) is 4.12. The normalized spacial score (nSPS) is 11.6. The first-order valence-corrected chi connectivity index (χ1v) is 8.90. The summed E-state index contributed by atoms with van der Waals surface area (Å²) >= 11 is 0. The minimum atomic E-state index is 0.431. The van der Waals surface area contributed by atoms with Crippen LogP contribution < -0.4 is 5.32 Å². The van der Waals surface area contributed by atoms with Crippen molar-refractivity contribution in [3.8, 4) is 11.5 Å². The van der Waals surface area contributed by atoms with Crippen molar-refractivity contribution in [3.63, 3.8) is 0 Å². The van der Waals surface area contributed by atoms with Crippen LogP contribution in [0.3, 0.4) is 0 Å². The molecule has 0 spiro atoms. The number of oxazole rings is 1. The molecule has 0 aliphatic rings. The lowest BCUT2D eigenvalue weighted by molar-refractivity contribution is 0.448. The number of aromatic nitrogens is 4. The van der Waals surface area contributed by atoms with Crippen molar-refractivity contribution >= 4 is 5.96 Å². The van der Waals surface area contributed by atoms with Gasteiger partial charge in [-0.1, -0.05) is 17.7 Å². The molecular weight excluding hydrogens is 342 g/mol. The Hall–Kier alpha value is -3.16. The van der Waals surface area contributed by atoms with Gasteiger partial charge in [0.2, 0.25) is 5.89 Å². The van der Waals surface area contributed by atoms with Gasteiger partial charge < -0.3 is 14.6 Å². The van der Waals surface area contributed by atoms with Gasteiger partial charge in [0.25, 0.3) is 0 Å². The molecule has 0 amide bonds. The van der Waals surface area contributed by atoms with E-state index < -0.39 is 0 Å². The summed E-state index contributed by atoms with van der Waals surface area (Å²) in [5, 5.41) is 7.39. The number of hydrogen-bond acceptors (Lipinski definition) is 5. The zero-order valence-corrected chi connectivity index (χ0v) is 16.2. The fourth-order valence-corrected chi connectivity index (χ4v) is 2.58. The van der Waals surface area contributed by atoms with Crippen LogP contribution in [-0.4, -0.2) is 44.2 Å². The average Bonchev–Trinajstić information content (AvgIpc) is 3.29. The zero-order valence-electron chi connectivity index (χ0n) is 16.2. The molecule has 2 aromatic heterocycles. The molecule has 0 bridgehead atoms. The van der Waals surface area contributed by atoms with Gasteiger partial charge in [0, 0.05) is 26.2 Å². The standard InChI is InChI=1S/C19H25N7O/c1-5-20-19(25(3)11-17-22-13-23-26(17)4)21-10-16-12-27-18(24-16)15-8-6-14(2)7-9-15/h6-9,12-13H,5,10-11H2,1-4H3,(H,20,21). The van der Waals surface area contributed by atoms with Crippen molar-refractivity contribution in [1.29, 1.82) is 0 Å². The van der Waals surface area contributed by atoms with Crippen LogP contribution in [0.1, 0.15) is 24.0 Å². The second-order valence-corrected chi connectivity index (χ2v) is 6.34. The molecule has 3 aromatic rings. The van der Waals surface area contributed by atoms with E-state index in [1.54, 1.807) is 17.3 Å². The Balaban J connectivity index is 1.69. The molecule has 0 atom stereocenters. The average molecular weight is 367 g/mol. The number of hydrogen-bond donors (Lipinski definition) is 1. The van der Waals surface area contributed by atoms with Crippen molar-refractivity contribution in [2.75, 3.05) is 13.6 Å². The molecule has 0 aliphatic heterocycles. The molecule has 8 heteroatoms. The first-order valence-electron chi connectivity index (χ1n) is 8.90. The number of aliphatic imine (C=N–C) groups is 1. The fraction of sp³-hybridized carbons (Fsp3) is 0.368. The van der Waals surface area contributed by atoms with Crippen molar-refractivity contribution in [3.05, 3.63) is 53.9 Å². The molecular formula is C19H25N7O. The molecule has 0 fully saturated rings. The van der Waals surface area contributed by atoms with Gasteiger partial charge in [-0.2, -0.15) is 5.10 Å². The van der Waals surface area contributed by atoms with Crippen molar-refractivity contribution < 1.29 is 4.42 Å². The summed E-state index contributed by atoms with van der Waals surface area (Å²) in [5.41, 5.74) is 2.95. The fourth-order valence-electron chi connectivity index (χ4n) is 2.58. The van der Waals surface area contributed by atoms with Crippen LogP contribution in [0.2, 0.25) is 0 Å². The topological polar surface area (TPSA) is 84.4 Å². The number of aryl methyl sites for hydroxylation is 2. The van der Waals surface area contributed by atoms with Crippen LogP contribution in [0, 0.1) is 6.92 Å². The minimum Gasteiger partial charge on any atom is -0.444 e. The Morgan fingerprint density at radius 1 is 1.30 bits per heavy atom.